The van der Waals surface area contributed by atoms with Crippen molar-refractivity contribution in [1.82, 2.24) is 20.2 Å². The number of aliphatic hydroxyl groups excluding tert-OH is 1. The highest BCUT2D eigenvalue weighted by molar-refractivity contribution is 6.04. The van der Waals surface area contributed by atoms with Crippen molar-refractivity contribution < 1.29 is 9.90 Å². The zero-order chi connectivity index (χ0) is 18.5. The van der Waals surface area contributed by atoms with Crippen LogP contribution in [0.4, 0.5) is 0 Å². The lowest BCUT2D eigenvalue weighted by atomic mass is 9.65. The predicted molar refractivity (Wildman–Crippen MR) is 101 cm³/mol. The summed E-state index contributed by atoms with van der Waals surface area (Å²) in [4.78, 5) is 22.7. The van der Waals surface area contributed by atoms with Crippen LogP contribution in [-0.2, 0) is 0 Å². The number of rotatable bonds is 4. The van der Waals surface area contributed by atoms with Crippen LogP contribution < -0.4 is 5.32 Å². The van der Waals surface area contributed by atoms with Gasteiger partial charge in [0.1, 0.15) is 5.69 Å². The van der Waals surface area contributed by atoms with Crippen LogP contribution in [0.25, 0.3) is 10.9 Å². The quantitative estimate of drug-likeness (QED) is 0.784. The fourth-order valence-electron chi connectivity index (χ4n) is 5.44. The summed E-state index contributed by atoms with van der Waals surface area (Å²) in [5, 5.41) is 14.5. The molecule has 4 atom stereocenters. The van der Waals surface area contributed by atoms with E-state index in [9.17, 15) is 9.90 Å². The molecule has 0 aromatic carbocycles. The van der Waals surface area contributed by atoms with Gasteiger partial charge in [0.25, 0.3) is 5.91 Å². The molecule has 1 saturated heterocycles. The number of likely N-dealkylation sites (tertiary alicyclic amines) is 1. The Kier molecular flexibility index (Phi) is 4.28. The zero-order valence-electron chi connectivity index (χ0n) is 15.7. The Morgan fingerprint density at radius 2 is 2.27 bits per heavy atom. The first-order valence-corrected chi connectivity index (χ1v) is 9.60. The third-order valence-corrected chi connectivity index (χ3v) is 6.29. The molecule has 3 N–H and O–H groups in total. The Bertz CT molecular complexity index is 817. The van der Waals surface area contributed by atoms with Crippen molar-refractivity contribution in [2.45, 2.75) is 51.8 Å². The molecule has 4 rings (SSSR count). The second-order valence-corrected chi connectivity index (χ2v) is 8.27. The van der Waals surface area contributed by atoms with Crippen molar-refractivity contribution in [2.24, 2.45) is 11.3 Å². The van der Waals surface area contributed by atoms with Crippen LogP contribution in [0.2, 0.25) is 0 Å². The molecule has 6 nitrogen and oxygen atoms in total. The summed E-state index contributed by atoms with van der Waals surface area (Å²) in [7, 11) is 0. The number of aromatic nitrogens is 2. The summed E-state index contributed by atoms with van der Waals surface area (Å²) in [5.74, 6) is 0.338. The number of amides is 1. The van der Waals surface area contributed by atoms with Crippen molar-refractivity contribution in [1.29, 1.82) is 0 Å². The zero-order valence-corrected chi connectivity index (χ0v) is 15.7. The number of fused-ring (bicyclic) bond motifs is 1. The van der Waals surface area contributed by atoms with Gasteiger partial charge in [-0.2, -0.15) is 0 Å². The molecule has 2 aromatic rings. The maximum atomic E-state index is 12.8. The molecule has 2 fully saturated rings. The van der Waals surface area contributed by atoms with E-state index in [1.165, 1.54) is 0 Å². The summed E-state index contributed by atoms with van der Waals surface area (Å²) >= 11 is 0. The van der Waals surface area contributed by atoms with Gasteiger partial charge in [0.2, 0.25) is 0 Å². The molecule has 3 heterocycles. The fourth-order valence-corrected chi connectivity index (χ4v) is 5.44. The summed E-state index contributed by atoms with van der Waals surface area (Å²) in [6, 6.07) is 3.99. The second-order valence-electron chi connectivity index (χ2n) is 8.27. The molecule has 1 aliphatic heterocycles. The number of aliphatic hydroxyl groups is 1. The predicted octanol–water partition coefficient (Wildman–Crippen LogP) is 2.16. The minimum Gasteiger partial charge on any atom is -0.391 e. The molecule has 1 spiro atoms. The van der Waals surface area contributed by atoms with Crippen LogP contribution in [0.3, 0.4) is 0 Å². The Morgan fingerprint density at radius 1 is 1.46 bits per heavy atom. The van der Waals surface area contributed by atoms with E-state index < -0.39 is 6.10 Å². The van der Waals surface area contributed by atoms with Gasteiger partial charge in [0, 0.05) is 41.3 Å². The van der Waals surface area contributed by atoms with Gasteiger partial charge in [0.15, 0.2) is 0 Å². The average molecular weight is 356 g/mol. The smallest absolute Gasteiger partial charge is 0.270 e. The summed E-state index contributed by atoms with van der Waals surface area (Å²) in [6.45, 7) is 8.75. The molecule has 0 radical (unpaired) electrons. The van der Waals surface area contributed by atoms with Crippen molar-refractivity contribution in [3.63, 3.8) is 0 Å². The van der Waals surface area contributed by atoms with Gasteiger partial charge in [-0.1, -0.05) is 20.8 Å². The largest absolute Gasteiger partial charge is 0.391 e. The number of carbonyl (C=O) groups excluding carboxylic acids is 1. The van der Waals surface area contributed by atoms with Crippen molar-refractivity contribution >= 4 is 16.8 Å². The highest BCUT2D eigenvalue weighted by Crippen LogP contribution is 2.52. The van der Waals surface area contributed by atoms with Crippen LogP contribution in [0, 0.1) is 11.3 Å². The Hall–Kier alpha value is -1.92. The van der Waals surface area contributed by atoms with E-state index >= 15 is 0 Å². The summed E-state index contributed by atoms with van der Waals surface area (Å²) in [6.07, 6.45) is 4.55. The number of nitrogens with zero attached hydrogens (tertiary/aromatic N) is 2. The third-order valence-electron chi connectivity index (χ3n) is 6.29. The molecule has 2 unspecified atom stereocenters. The van der Waals surface area contributed by atoms with E-state index in [2.05, 4.69) is 41.0 Å². The van der Waals surface area contributed by atoms with E-state index in [0.717, 1.165) is 36.8 Å². The van der Waals surface area contributed by atoms with E-state index in [4.69, 9.17) is 0 Å². The average Bonchev–Trinajstić information content (AvgIpc) is 3.17. The Balaban J connectivity index is 1.51. The minimum atomic E-state index is -0.496. The van der Waals surface area contributed by atoms with E-state index in [1.54, 1.807) is 6.20 Å². The lowest BCUT2D eigenvalue weighted by molar-refractivity contribution is -0.0963. The first-order chi connectivity index (χ1) is 12.4. The van der Waals surface area contributed by atoms with Crippen molar-refractivity contribution in [3.8, 4) is 0 Å². The number of aromatic amines is 1. The highest BCUT2D eigenvalue weighted by atomic mass is 16.3. The number of hydrogen-bond donors (Lipinski definition) is 3. The summed E-state index contributed by atoms with van der Waals surface area (Å²) in [5.41, 5.74) is 1.43. The fraction of sp³-hybridized carbons (Fsp3) is 0.600. The van der Waals surface area contributed by atoms with Crippen LogP contribution in [-0.4, -0.2) is 57.2 Å². The number of H-pyrrole nitrogens is 1. The monoisotopic (exact) mass is 356 g/mol. The second kappa shape index (κ2) is 6.35. The van der Waals surface area contributed by atoms with Gasteiger partial charge in [-0.05, 0) is 37.4 Å². The number of nitrogens with one attached hydrogen (secondary N) is 2. The van der Waals surface area contributed by atoms with Gasteiger partial charge >= 0.3 is 0 Å². The standard InChI is InChI=1S/C20H28N4O2/c1-4-24-11-20(18(24)12(2)3)9-15(16(25)10-20)23-19(26)17-13-5-7-21-14(13)6-8-22-17/h5-8,12,15-16,18,21,25H,4,9-11H2,1-3H3,(H,23,26)/t15-,16-,18?,20?/m1/s1. The van der Waals surface area contributed by atoms with Crippen molar-refractivity contribution in [2.75, 3.05) is 13.1 Å². The highest BCUT2D eigenvalue weighted by Gasteiger charge is 2.58. The molecule has 1 amide bonds. The molecular weight excluding hydrogens is 328 g/mol. The third kappa shape index (κ3) is 2.63. The molecule has 1 saturated carbocycles. The molecule has 6 heteroatoms. The van der Waals surface area contributed by atoms with Gasteiger partial charge < -0.3 is 15.4 Å². The van der Waals surface area contributed by atoms with E-state index in [-0.39, 0.29) is 17.4 Å². The first kappa shape index (κ1) is 17.5. The molecule has 140 valence electrons. The lowest BCUT2D eigenvalue weighted by Gasteiger charge is -2.58. The number of pyridine rings is 1. The normalized spacial score (nSPS) is 31.7. The molecule has 1 aliphatic carbocycles. The number of hydrogen-bond acceptors (Lipinski definition) is 4. The first-order valence-electron chi connectivity index (χ1n) is 9.60. The maximum Gasteiger partial charge on any atom is 0.270 e. The van der Waals surface area contributed by atoms with Gasteiger partial charge in [-0.15, -0.1) is 0 Å². The Morgan fingerprint density at radius 3 is 3.00 bits per heavy atom. The molecule has 0 bridgehead atoms. The summed E-state index contributed by atoms with van der Waals surface area (Å²) < 4.78 is 0. The Labute approximate surface area is 154 Å². The van der Waals surface area contributed by atoms with Crippen LogP contribution >= 0.6 is 0 Å². The molecule has 26 heavy (non-hydrogen) atoms. The lowest BCUT2D eigenvalue weighted by Crippen LogP contribution is -2.65. The van der Waals surface area contributed by atoms with E-state index in [1.807, 2.05) is 18.3 Å². The molecular formula is C20H28N4O2. The maximum absolute atomic E-state index is 12.8. The van der Waals surface area contributed by atoms with Crippen LogP contribution in [0.5, 0.6) is 0 Å². The van der Waals surface area contributed by atoms with Crippen LogP contribution in [0.15, 0.2) is 24.5 Å². The minimum absolute atomic E-state index is 0.120. The molecule has 2 aliphatic rings. The topological polar surface area (TPSA) is 81.2 Å². The molecule has 2 aromatic heterocycles. The van der Waals surface area contributed by atoms with E-state index in [0.29, 0.717) is 17.7 Å². The number of carbonyl (C=O) groups is 1. The van der Waals surface area contributed by atoms with Crippen molar-refractivity contribution in [3.05, 3.63) is 30.2 Å². The van der Waals surface area contributed by atoms with Gasteiger partial charge in [-0.3, -0.25) is 14.7 Å². The van der Waals surface area contributed by atoms with Gasteiger partial charge in [0.05, 0.1) is 12.1 Å². The van der Waals surface area contributed by atoms with Gasteiger partial charge in [-0.25, -0.2) is 0 Å². The van der Waals surface area contributed by atoms with Crippen LogP contribution in [0.1, 0.15) is 44.1 Å². The SMILES string of the molecule is CCN1CC2(C[C@@H](O)[C@H](NC(=O)c3nccc4[nH]ccc34)C2)C1C(C)C.